The van der Waals surface area contributed by atoms with E-state index < -0.39 is 0 Å². The molecule has 0 aliphatic carbocycles. The molecule has 1 saturated heterocycles. The molecule has 1 fully saturated rings. The SMILES string of the molecule is CCOC(=O)/C=C(/C)CC1OCC(C/C=C/[C@@H](C)[C@H](C)O)CO1. The lowest BCUT2D eigenvalue weighted by molar-refractivity contribution is -0.198. The standard InChI is InChI=1S/C18H30O5/c1-5-21-17(20)9-13(2)10-18-22-11-16(12-23-18)8-6-7-14(3)15(4)19/h6-7,9,14-16,18-19H,5,8,10-12H2,1-4H3/b7-6+,13-9-/t14-,15+,16?,18?/m1/s1. The van der Waals surface area contributed by atoms with Crippen molar-refractivity contribution in [3.05, 3.63) is 23.8 Å². The Kier molecular flexibility index (Phi) is 9.14. The second kappa shape index (κ2) is 10.6. The second-order valence-electron chi connectivity index (χ2n) is 6.17. The van der Waals surface area contributed by atoms with Gasteiger partial charge in [0.05, 0.1) is 25.9 Å². The summed E-state index contributed by atoms with van der Waals surface area (Å²) < 4.78 is 16.3. The number of ether oxygens (including phenoxy) is 3. The van der Waals surface area contributed by atoms with Crippen molar-refractivity contribution in [3.8, 4) is 0 Å². The van der Waals surface area contributed by atoms with Gasteiger partial charge in [-0.1, -0.05) is 24.6 Å². The number of allylic oxidation sites excluding steroid dienone is 1. The maximum absolute atomic E-state index is 11.4. The molecule has 0 bridgehead atoms. The van der Waals surface area contributed by atoms with Crippen molar-refractivity contribution >= 4 is 5.97 Å². The molecule has 0 unspecified atom stereocenters. The fourth-order valence-electron chi connectivity index (χ4n) is 2.19. The predicted octanol–water partition coefficient (Wildman–Crippen LogP) is 2.84. The van der Waals surface area contributed by atoms with E-state index in [-0.39, 0.29) is 24.3 Å². The van der Waals surface area contributed by atoms with Gasteiger partial charge in [-0.05, 0) is 33.1 Å². The van der Waals surface area contributed by atoms with E-state index >= 15 is 0 Å². The van der Waals surface area contributed by atoms with Crippen molar-refractivity contribution in [1.82, 2.24) is 0 Å². The normalized spacial score (nSPS) is 25.3. The highest BCUT2D eigenvalue weighted by molar-refractivity contribution is 5.82. The molecule has 2 atom stereocenters. The molecule has 5 nitrogen and oxygen atoms in total. The van der Waals surface area contributed by atoms with E-state index in [0.29, 0.717) is 32.2 Å². The molecule has 1 rings (SSSR count). The number of aliphatic hydroxyl groups excluding tert-OH is 1. The average molecular weight is 326 g/mol. The summed E-state index contributed by atoms with van der Waals surface area (Å²) in [6.45, 7) is 9.10. The van der Waals surface area contributed by atoms with Crippen molar-refractivity contribution in [2.45, 2.75) is 52.9 Å². The molecule has 0 saturated carbocycles. The number of hydrogen-bond acceptors (Lipinski definition) is 5. The maximum atomic E-state index is 11.4. The smallest absolute Gasteiger partial charge is 0.330 e. The minimum absolute atomic E-state index is 0.156. The number of esters is 1. The summed E-state index contributed by atoms with van der Waals surface area (Å²) in [5, 5.41) is 9.43. The van der Waals surface area contributed by atoms with E-state index in [9.17, 15) is 9.90 Å². The zero-order valence-electron chi connectivity index (χ0n) is 14.7. The molecule has 0 spiro atoms. The molecule has 0 amide bonds. The van der Waals surface area contributed by atoms with Crippen LogP contribution in [0, 0.1) is 11.8 Å². The van der Waals surface area contributed by atoms with Crippen LogP contribution in [0.4, 0.5) is 0 Å². The molecule has 23 heavy (non-hydrogen) atoms. The molecule has 0 radical (unpaired) electrons. The fourth-order valence-corrected chi connectivity index (χ4v) is 2.19. The van der Waals surface area contributed by atoms with Crippen molar-refractivity contribution in [3.63, 3.8) is 0 Å². The Hall–Kier alpha value is -1.17. The van der Waals surface area contributed by atoms with Gasteiger partial charge in [0, 0.05) is 18.4 Å². The van der Waals surface area contributed by atoms with E-state index in [1.165, 1.54) is 6.08 Å². The monoisotopic (exact) mass is 326 g/mol. The third-order valence-corrected chi connectivity index (χ3v) is 3.85. The minimum Gasteiger partial charge on any atom is -0.463 e. The second-order valence-corrected chi connectivity index (χ2v) is 6.17. The quantitative estimate of drug-likeness (QED) is 0.422. The van der Waals surface area contributed by atoms with Crippen LogP contribution in [0.1, 0.15) is 40.5 Å². The van der Waals surface area contributed by atoms with Gasteiger partial charge in [-0.15, -0.1) is 0 Å². The first kappa shape index (κ1) is 19.9. The third-order valence-electron chi connectivity index (χ3n) is 3.85. The van der Waals surface area contributed by atoms with Crippen LogP contribution in [0.3, 0.4) is 0 Å². The number of carbonyl (C=O) groups is 1. The van der Waals surface area contributed by atoms with Gasteiger partial charge in [0.15, 0.2) is 6.29 Å². The van der Waals surface area contributed by atoms with Crippen LogP contribution in [0.2, 0.25) is 0 Å². The summed E-state index contributed by atoms with van der Waals surface area (Å²) in [5.74, 6) is 0.165. The molecule has 132 valence electrons. The highest BCUT2D eigenvalue weighted by Crippen LogP contribution is 2.20. The van der Waals surface area contributed by atoms with Crippen LogP contribution in [-0.2, 0) is 19.0 Å². The summed E-state index contributed by atoms with van der Waals surface area (Å²) in [7, 11) is 0. The Morgan fingerprint density at radius 2 is 2.00 bits per heavy atom. The van der Waals surface area contributed by atoms with Crippen LogP contribution in [-0.4, -0.2) is 43.3 Å². The first-order valence-corrected chi connectivity index (χ1v) is 8.34. The molecule has 0 aromatic carbocycles. The highest BCUT2D eigenvalue weighted by Gasteiger charge is 2.22. The predicted molar refractivity (Wildman–Crippen MR) is 88.8 cm³/mol. The van der Waals surface area contributed by atoms with Crippen LogP contribution >= 0.6 is 0 Å². The van der Waals surface area contributed by atoms with Crippen molar-refractivity contribution in [2.75, 3.05) is 19.8 Å². The Bertz CT molecular complexity index is 406. The zero-order valence-corrected chi connectivity index (χ0v) is 14.7. The highest BCUT2D eigenvalue weighted by atomic mass is 16.7. The molecule has 0 aromatic rings. The van der Waals surface area contributed by atoms with E-state index in [1.807, 2.05) is 19.9 Å². The topological polar surface area (TPSA) is 65.0 Å². The number of aliphatic hydroxyl groups is 1. The van der Waals surface area contributed by atoms with E-state index in [2.05, 4.69) is 6.08 Å². The molecule has 1 heterocycles. The summed E-state index contributed by atoms with van der Waals surface area (Å²) >= 11 is 0. The lowest BCUT2D eigenvalue weighted by Gasteiger charge is -2.29. The maximum Gasteiger partial charge on any atom is 0.330 e. The third kappa shape index (κ3) is 8.30. The van der Waals surface area contributed by atoms with E-state index in [1.54, 1.807) is 13.8 Å². The van der Waals surface area contributed by atoms with Crippen molar-refractivity contribution < 1.29 is 24.1 Å². The van der Waals surface area contributed by atoms with Gasteiger partial charge in [0.2, 0.25) is 0 Å². The van der Waals surface area contributed by atoms with Crippen molar-refractivity contribution in [2.24, 2.45) is 11.8 Å². The van der Waals surface area contributed by atoms with Gasteiger partial charge < -0.3 is 19.3 Å². The Morgan fingerprint density at radius 3 is 2.57 bits per heavy atom. The summed E-state index contributed by atoms with van der Waals surface area (Å²) in [5.41, 5.74) is 0.887. The molecular weight excluding hydrogens is 296 g/mol. The first-order valence-electron chi connectivity index (χ1n) is 8.34. The van der Waals surface area contributed by atoms with E-state index in [0.717, 1.165) is 12.0 Å². The average Bonchev–Trinajstić information content (AvgIpc) is 2.48. The number of rotatable bonds is 8. The fraction of sp³-hybridized carbons (Fsp3) is 0.722. The first-order chi connectivity index (χ1) is 10.9. The molecule has 5 heteroatoms. The summed E-state index contributed by atoms with van der Waals surface area (Å²) in [6, 6.07) is 0. The minimum atomic E-state index is -0.330. The Labute approximate surface area is 139 Å². The number of carbonyl (C=O) groups excluding carboxylic acids is 1. The summed E-state index contributed by atoms with van der Waals surface area (Å²) in [6.07, 6.45) is 6.43. The molecular formula is C18H30O5. The van der Waals surface area contributed by atoms with Crippen LogP contribution in [0.5, 0.6) is 0 Å². The zero-order chi connectivity index (χ0) is 17.2. The van der Waals surface area contributed by atoms with Gasteiger partial charge in [-0.2, -0.15) is 0 Å². The van der Waals surface area contributed by atoms with Gasteiger partial charge in [0.25, 0.3) is 0 Å². The molecule has 0 aromatic heterocycles. The van der Waals surface area contributed by atoms with Gasteiger partial charge in [0.1, 0.15) is 0 Å². The molecule has 1 N–H and O–H groups in total. The molecule has 1 aliphatic rings. The van der Waals surface area contributed by atoms with Gasteiger partial charge in [-0.3, -0.25) is 0 Å². The lowest BCUT2D eigenvalue weighted by Crippen LogP contribution is -2.32. The van der Waals surface area contributed by atoms with Crippen LogP contribution < -0.4 is 0 Å². The van der Waals surface area contributed by atoms with Gasteiger partial charge in [-0.25, -0.2) is 4.79 Å². The summed E-state index contributed by atoms with van der Waals surface area (Å²) in [4.78, 5) is 11.4. The molecule has 1 aliphatic heterocycles. The Balaban J connectivity index is 2.29. The van der Waals surface area contributed by atoms with Crippen LogP contribution in [0.25, 0.3) is 0 Å². The number of hydrogen-bond donors (Lipinski definition) is 1. The largest absolute Gasteiger partial charge is 0.463 e. The Morgan fingerprint density at radius 1 is 1.35 bits per heavy atom. The lowest BCUT2D eigenvalue weighted by atomic mass is 10.0. The van der Waals surface area contributed by atoms with Crippen molar-refractivity contribution in [1.29, 1.82) is 0 Å². The van der Waals surface area contributed by atoms with Crippen LogP contribution in [0.15, 0.2) is 23.8 Å². The van der Waals surface area contributed by atoms with Gasteiger partial charge >= 0.3 is 5.97 Å². The van der Waals surface area contributed by atoms with E-state index in [4.69, 9.17) is 14.2 Å².